The van der Waals surface area contributed by atoms with Crippen molar-refractivity contribution >= 4 is 17.9 Å². The van der Waals surface area contributed by atoms with E-state index >= 15 is 0 Å². The Balaban J connectivity index is 2.15. The number of methoxy groups -OCH3 is 7. The molecule has 0 aromatic heterocycles. The predicted molar refractivity (Wildman–Crippen MR) is 131 cm³/mol. The number of benzene rings is 2. The first kappa shape index (κ1) is 26.6. The van der Waals surface area contributed by atoms with Crippen LogP contribution in [0.25, 0.3) is 12.2 Å². The molecule has 2 aromatic rings. The topological polar surface area (TPSA) is 100 Å². The van der Waals surface area contributed by atoms with Crippen molar-refractivity contribution in [3.8, 4) is 34.5 Å². The summed E-state index contributed by atoms with van der Waals surface area (Å²) in [7, 11) is 10.5. The van der Waals surface area contributed by atoms with Gasteiger partial charge in [-0.05, 0) is 24.3 Å². The molecule has 194 valence electrons. The van der Waals surface area contributed by atoms with E-state index in [-0.39, 0.29) is 11.5 Å². The lowest BCUT2D eigenvalue weighted by atomic mass is 10.1. The van der Waals surface area contributed by atoms with Crippen molar-refractivity contribution in [1.29, 1.82) is 0 Å². The van der Waals surface area contributed by atoms with Crippen molar-refractivity contribution in [3.63, 3.8) is 0 Å². The second-order valence-electron chi connectivity index (χ2n) is 7.52. The quantitative estimate of drug-likeness (QED) is 0.467. The van der Waals surface area contributed by atoms with Crippen LogP contribution in [0, 0.1) is 0 Å². The monoisotopic (exact) mass is 502 g/mol. The molecule has 1 heterocycles. The SMILES string of the molecule is COc1cc(OC)c(OC)cc1/C=C1\OC(C)(OC)O/C(=C\c2cc(OC)c(OC)cc2OC)C1=O. The van der Waals surface area contributed by atoms with Crippen LogP contribution >= 0.6 is 0 Å². The molecule has 0 aliphatic carbocycles. The summed E-state index contributed by atoms with van der Waals surface area (Å²) in [5.74, 6) is 0.525. The summed E-state index contributed by atoms with van der Waals surface area (Å²) in [6, 6.07) is 6.63. The fourth-order valence-corrected chi connectivity index (χ4v) is 3.52. The molecule has 0 atom stereocenters. The van der Waals surface area contributed by atoms with E-state index in [0.717, 1.165) is 0 Å². The van der Waals surface area contributed by atoms with Crippen molar-refractivity contribution in [2.75, 3.05) is 49.8 Å². The van der Waals surface area contributed by atoms with Gasteiger partial charge >= 0.3 is 5.97 Å². The molecule has 10 heteroatoms. The highest BCUT2D eigenvalue weighted by Crippen LogP contribution is 2.40. The second kappa shape index (κ2) is 11.1. The largest absolute Gasteiger partial charge is 0.496 e. The fraction of sp³-hybridized carbons (Fsp3) is 0.346. The Morgan fingerprint density at radius 1 is 0.583 bits per heavy atom. The maximum atomic E-state index is 13.5. The lowest BCUT2D eigenvalue weighted by Crippen LogP contribution is -2.41. The van der Waals surface area contributed by atoms with Crippen LogP contribution in [0.1, 0.15) is 18.1 Å². The minimum atomic E-state index is -1.58. The molecule has 1 saturated heterocycles. The van der Waals surface area contributed by atoms with Gasteiger partial charge in [0.2, 0.25) is 0 Å². The summed E-state index contributed by atoms with van der Waals surface area (Å²) in [4.78, 5) is 13.5. The van der Waals surface area contributed by atoms with Crippen LogP contribution in [0.4, 0.5) is 0 Å². The highest BCUT2D eigenvalue weighted by atomic mass is 16.9. The first-order valence-corrected chi connectivity index (χ1v) is 10.8. The van der Waals surface area contributed by atoms with E-state index < -0.39 is 11.8 Å². The maximum Gasteiger partial charge on any atom is 0.368 e. The first-order chi connectivity index (χ1) is 17.3. The van der Waals surface area contributed by atoms with Gasteiger partial charge in [-0.3, -0.25) is 4.79 Å². The number of carbonyl (C=O) groups is 1. The van der Waals surface area contributed by atoms with Gasteiger partial charge in [0.1, 0.15) is 11.5 Å². The highest BCUT2D eigenvalue weighted by molar-refractivity contribution is 6.11. The van der Waals surface area contributed by atoms with Gasteiger partial charge < -0.3 is 42.6 Å². The summed E-state index contributed by atoms with van der Waals surface area (Å²) in [6.45, 7) is 1.54. The molecule has 3 rings (SSSR count). The van der Waals surface area contributed by atoms with E-state index in [4.69, 9.17) is 42.6 Å². The predicted octanol–water partition coefficient (Wildman–Crippen LogP) is 4.06. The molecule has 1 aliphatic rings. The molecule has 0 N–H and O–H groups in total. The average Bonchev–Trinajstić information content (AvgIpc) is 2.90. The third-order valence-corrected chi connectivity index (χ3v) is 5.45. The van der Waals surface area contributed by atoms with Crippen molar-refractivity contribution in [2.24, 2.45) is 0 Å². The Bertz CT molecular complexity index is 1100. The molecular weight excluding hydrogens is 472 g/mol. The Morgan fingerprint density at radius 2 is 0.917 bits per heavy atom. The number of ether oxygens (including phenoxy) is 9. The van der Waals surface area contributed by atoms with Gasteiger partial charge in [-0.2, -0.15) is 0 Å². The lowest BCUT2D eigenvalue weighted by molar-refractivity contribution is -0.334. The van der Waals surface area contributed by atoms with Crippen LogP contribution in [0.5, 0.6) is 34.5 Å². The van der Waals surface area contributed by atoms with Gasteiger partial charge in [-0.1, -0.05) is 0 Å². The standard InChI is InChI=1S/C26H30O10/c1-26(34-8)35-23(11-15-9-19(30-4)21(32-6)13-17(15)28-2)25(27)24(36-26)12-16-10-20(31-5)22(33-7)14-18(16)29-3/h9-14H,1-8H3/b23-11-,24-12-. The third kappa shape index (κ3) is 5.28. The van der Waals surface area contributed by atoms with Crippen LogP contribution < -0.4 is 28.4 Å². The van der Waals surface area contributed by atoms with E-state index in [9.17, 15) is 4.79 Å². The Hall–Kier alpha value is -4.05. The summed E-state index contributed by atoms with van der Waals surface area (Å²) in [5.41, 5.74) is 1.03. The zero-order chi connectivity index (χ0) is 26.5. The Morgan fingerprint density at radius 3 is 1.22 bits per heavy atom. The summed E-state index contributed by atoms with van der Waals surface area (Å²) < 4.78 is 49.4. The smallest absolute Gasteiger partial charge is 0.368 e. The average molecular weight is 503 g/mol. The molecule has 0 radical (unpaired) electrons. The van der Waals surface area contributed by atoms with Crippen molar-refractivity contribution in [2.45, 2.75) is 12.9 Å². The van der Waals surface area contributed by atoms with Gasteiger partial charge in [0, 0.05) is 37.3 Å². The van der Waals surface area contributed by atoms with Crippen molar-refractivity contribution < 1.29 is 47.4 Å². The summed E-state index contributed by atoms with van der Waals surface area (Å²) >= 11 is 0. The van der Waals surface area contributed by atoms with Crippen LogP contribution in [-0.2, 0) is 19.0 Å². The van der Waals surface area contributed by atoms with E-state index in [1.165, 1.54) is 61.9 Å². The number of hydrogen-bond acceptors (Lipinski definition) is 10. The number of Topliss-reactive ketones (excluding diaryl/α,β-unsaturated/α-hetero) is 1. The molecule has 0 spiro atoms. The number of hydrogen-bond donors (Lipinski definition) is 0. The minimum absolute atomic E-state index is 0.0400. The highest BCUT2D eigenvalue weighted by Gasteiger charge is 2.41. The van der Waals surface area contributed by atoms with Gasteiger partial charge in [0.15, 0.2) is 34.5 Å². The maximum absolute atomic E-state index is 13.5. The van der Waals surface area contributed by atoms with E-state index in [0.29, 0.717) is 45.6 Å². The molecule has 0 unspecified atom stereocenters. The van der Waals surface area contributed by atoms with Gasteiger partial charge in [-0.15, -0.1) is 0 Å². The third-order valence-electron chi connectivity index (χ3n) is 5.45. The summed E-state index contributed by atoms with van der Waals surface area (Å²) in [6.07, 6.45) is 3.03. The van der Waals surface area contributed by atoms with Crippen LogP contribution in [-0.4, -0.2) is 61.5 Å². The second-order valence-corrected chi connectivity index (χ2v) is 7.52. The first-order valence-electron chi connectivity index (χ1n) is 10.8. The zero-order valence-corrected chi connectivity index (χ0v) is 21.5. The molecule has 0 bridgehead atoms. The molecule has 1 fully saturated rings. The van der Waals surface area contributed by atoms with Crippen LogP contribution in [0.2, 0.25) is 0 Å². The van der Waals surface area contributed by atoms with E-state index in [1.54, 1.807) is 31.2 Å². The molecule has 0 amide bonds. The molecule has 1 aliphatic heterocycles. The van der Waals surface area contributed by atoms with Gasteiger partial charge in [0.05, 0.1) is 42.7 Å². The fourth-order valence-electron chi connectivity index (χ4n) is 3.52. The molecular formula is C26H30O10. The molecule has 10 nitrogen and oxygen atoms in total. The van der Waals surface area contributed by atoms with Gasteiger partial charge in [-0.25, -0.2) is 0 Å². The number of carbonyl (C=O) groups excluding carboxylic acids is 1. The van der Waals surface area contributed by atoms with Crippen molar-refractivity contribution in [3.05, 3.63) is 46.9 Å². The van der Waals surface area contributed by atoms with Crippen molar-refractivity contribution in [1.82, 2.24) is 0 Å². The van der Waals surface area contributed by atoms with E-state index in [2.05, 4.69) is 0 Å². The molecule has 0 saturated carbocycles. The Kier molecular flexibility index (Phi) is 8.21. The zero-order valence-electron chi connectivity index (χ0n) is 21.5. The van der Waals surface area contributed by atoms with Crippen LogP contribution in [0.3, 0.4) is 0 Å². The minimum Gasteiger partial charge on any atom is -0.496 e. The number of rotatable bonds is 9. The van der Waals surface area contributed by atoms with E-state index in [1.807, 2.05) is 0 Å². The molecule has 2 aromatic carbocycles. The number of ketones is 1. The lowest BCUT2D eigenvalue weighted by Gasteiger charge is -2.34. The summed E-state index contributed by atoms with van der Waals surface area (Å²) in [5, 5.41) is 0. The van der Waals surface area contributed by atoms with Crippen LogP contribution in [0.15, 0.2) is 35.8 Å². The normalized spacial score (nSPS) is 19.4. The Labute approximate surface area is 209 Å². The van der Waals surface area contributed by atoms with Gasteiger partial charge in [0.25, 0.3) is 5.78 Å². The molecule has 36 heavy (non-hydrogen) atoms.